The number of carbonyl (C=O) groups excluding carboxylic acids is 1. The van der Waals surface area contributed by atoms with Gasteiger partial charge < -0.3 is 18.6 Å². The molecule has 0 aliphatic rings. The van der Waals surface area contributed by atoms with Crippen molar-refractivity contribution in [3.05, 3.63) is 69.8 Å². The van der Waals surface area contributed by atoms with Crippen LogP contribution in [0.25, 0.3) is 11.0 Å². The Labute approximate surface area is 173 Å². The second-order valence-corrected chi connectivity index (χ2v) is 6.73. The smallest absolute Gasteiger partial charge is 0.339 e. The number of benzene rings is 2. The fourth-order valence-corrected chi connectivity index (χ4v) is 3.06. The van der Waals surface area contributed by atoms with Gasteiger partial charge in [-0.25, -0.2) is 9.18 Å². The molecule has 2 aromatic carbocycles. The van der Waals surface area contributed by atoms with Crippen molar-refractivity contribution in [1.82, 2.24) is 0 Å². The van der Waals surface area contributed by atoms with Crippen molar-refractivity contribution in [3.8, 4) is 11.5 Å². The molecule has 0 aliphatic carbocycles. The van der Waals surface area contributed by atoms with E-state index in [9.17, 15) is 14.0 Å². The first-order valence-electron chi connectivity index (χ1n) is 9.62. The zero-order chi connectivity index (χ0) is 21.5. The Kier molecular flexibility index (Phi) is 7.06. The van der Waals surface area contributed by atoms with Gasteiger partial charge in [-0.1, -0.05) is 0 Å². The number of carbonyl (C=O) groups is 1. The molecule has 0 bridgehead atoms. The van der Waals surface area contributed by atoms with Gasteiger partial charge in [0.1, 0.15) is 22.9 Å². The Bertz CT molecular complexity index is 1070. The topological polar surface area (TPSA) is 75.0 Å². The van der Waals surface area contributed by atoms with Crippen molar-refractivity contribution in [3.63, 3.8) is 0 Å². The lowest BCUT2D eigenvalue weighted by Crippen LogP contribution is -2.14. The molecule has 30 heavy (non-hydrogen) atoms. The molecule has 3 aromatic rings. The van der Waals surface area contributed by atoms with Gasteiger partial charge in [-0.15, -0.1) is 0 Å². The molecule has 0 atom stereocenters. The van der Waals surface area contributed by atoms with Crippen LogP contribution in [0.15, 0.2) is 51.7 Å². The first-order chi connectivity index (χ1) is 14.5. The van der Waals surface area contributed by atoms with Gasteiger partial charge in [0.15, 0.2) is 0 Å². The van der Waals surface area contributed by atoms with Crippen molar-refractivity contribution < 1.29 is 27.8 Å². The highest BCUT2D eigenvalue weighted by Crippen LogP contribution is 2.24. The molecule has 0 spiro atoms. The highest BCUT2D eigenvalue weighted by atomic mass is 19.1. The fourth-order valence-electron chi connectivity index (χ4n) is 3.06. The van der Waals surface area contributed by atoms with Crippen LogP contribution in [-0.4, -0.2) is 26.3 Å². The van der Waals surface area contributed by atoms with Crippen molar-refractivity contribution in [2.45, 2.75) is 26.2 Å². The number of aryl methyl sites for hydroxylation is 1. The minimum atomic E-state index is -0.464. The molecule has 0 aliphatic heterocycles. The lowest BCUT2D eigenvalue weighted by molar-refractivity contribution is -0.143. The molecule has 0 saturated heterocycles. The first-order valence-corrected chi connectivity index (χ1v) is 9.62. The molecule has 6 nitrogen and oxygen atoms in total. The molecule has 7 heteroatoms. The van der Waals surface area contributed by atoms with Crippen LogP contribution < -0.4 is 15.1 Å². The van der Waals surface area contributed by atoms with E-state index in [4.69, 9.17) is 18.6 Å². The zero-order valence-corrected chi connectivity index (χ0v) is 16.9. The van der Waals surface area contributed by atoms with Gasteiger partial charge in [0.25, 0.3) is 0 Å². The van der Waals surface area contributed by atoms with E-state index < -0.39 is 11.6 Å². The second-order valence-electron chi connectivity index (χ2n) is 6.73. The maximum absolute atomic E-state index is 12.8. The van der Waals surface area contributed by atoms with Gasteiger partial charge in [0, 0.05) is 29.9 Å². The molecule has 158 valence electrons. The van der Waals surface area contributed by atoms with Crippen LogP contribution in [-0.2, 0) is 16.0 Å². The average Bonchev–Trinajstić information content (AvgIpc) is 2.74. The van der Waals surface area contributed by atoms with Crippen molar-refractivity contribution in [1.29, 1.82) is 0 Å². The Morgan fingerprint density at radius 3 is 2.53 bits per heavy atom. The number of esters is 1. The fraction of sp³-hybridized carbons (Fsp3) is 0.304. The summed E-state index contributed by atoms with van der Waals surface area (Å²) in [6, 6.07) is 11.0. The number of hydrogen-bond donors (Lipinski definition) is 0. The summed E-state index contributed by atoms with van der Waals surface area (Å²) in [7, 11) is 1.54. The standard InChI is InChI=1S/C23H23FO6/c1-15-19-9-8-18(27-2)14-21(19)30-23(26)20(15)10-11-22(25)29-13-3-12-28-17-6-4-16(24)5-7-17/h4-9,14H,3,10-13H2,1-2H3. The number of fused-ring (bicyclic) bond motifs is 1. The quantitative estimate of drug-likeness (QED) is 0.297. The maximum atomic E-state index is 12.8. The van der Waals surface area contributed by atoms with Crippen LogP contribution in [0.2, 0.25) is 0 Å². The molecular formula is C23H23FO6. The summed E-state index contributed by atoms with van der Waals surface area (Å²) in [6.45, 7) is 2.38. The number of hydrogen-bond acceptors (Lipinski definition) is 6. The minimum absolute atomic E-state index is 0.0755. The monoisotopic (exact) mass is 414 g/mol. The van der Waals surface area contributed by atoms with Crippen molar-refractivity contribution in [2.75, 3.05) is 20.3 Å². The van der Waals surface area contributed by atoms with Crippen molar-refractivity contribution in [2.24, 2.45) is 0 Å². The van der Waals surface area contributed by atoms with E-state index in [1.807, 2.05) is 13.0 Å². The third-order valence-corrected chi connectivity index (χ3v) is 4.71. The van der Waals surface area contributed by atoms with E-state index in [-0.39, 0.29) is 25.3 Å². The highest BCUT2D eigenvalue weighted by Gasteiger charge is 2.14. The zero-order valence-electron chi connectivity index (χ0n) is 16.9. The molecule has 0 saturated carbocycles. The Morgan fingerprint density at radius 2 is 1.80 bits per heavy atom. The first kappa shape index (κ1) is 21.4. The number of ether oxygens (including phenoxy) is 3. The third-order valence-electron chi connectivity index (χ3n) is 4.71. The van der Waals surface area contributed by atoms with E-state index in [1.165, 1.54) is 24.3 Å². The van der Waals surface area contributed by atoms with E-state index in [1.54, 1.807) is 19.2 Å². The predicted octanol–water partition coefficient (Wildman–Crippen LogP) is 4.19. The van der Waals surface area contributed by atoms with E-state index in [0.29, 0.717) is 35.7 Å². The van der Waals surface area contributed by atoms with Crippen LogP contribution in [0.4, 0.5) is 4.39 Å². The van der Waals surface area contributed by atoms with Gasteiger partial charge in [-0.2, -0.15) is 0 Å². The molecule has 0 fully saturated rings. The number of halogens is 1. The lowest BCUT2D eigenvalue weighted by atomic mass is 10.0. The van der Waals surface area contributed by atoms with Crippen LogP contribution >= 0.6 is 0 Å². The Hall–Kier alpha value is -3.35. The van der Waals surface area contributed by atoms with Crippen LogP contribution in [0.3, 0.4) is 0 Å². The van der Waals surface area contributed by atoms with E-state index >= 15 is 0 Å². The summed E-state index contributed by atoms with van der Waals surface area (Å²) >= 11 is 0. The molecule has 0 unspecified atom stereocenters. The van der Waals surface area contributed by atoms with Gasteiger partial charge >= 0.3 is 11.6 Å². The summed E-state index contributed by atoms with van der Waals surface area (Å²) < 4.78 is 34.0. The highest BCUT2D eigenvalue weighted by molar-refractivity contribution is 5.82. The summed E-state index contributed by atoms with van der Waals surface area (Å²) in [5.41, 5.74) is 1.23. The van der Waals surface area contributed by atoms with Gasteiger partial charge in [-0.3, -0.25) is 4.79 Å². The predicted molar refractivity (Wildman–Crippen MR) is 110 cm³/mol. The third kappa shape index (κ3) is 5.37. The SMILES string of the molecule is COc1ccc2c(C)c(CCC(=O)OCCCOc3ccc(F)cc3)c(=O)oc2c1. The largest absolute Gasteiger partial charge is 0.497 e. The molecule has 1 heterocycles. The molecule has 0 N–H and O–H groups in total. The Balaban J connectivity index is 1.47. The van der Waals surface area contributed by atoms with E-state index in [0.717, 1.165) is 10.9 Å². The minimum Gasteiger partial charge on any atom is -0.497 e. The molecule has 3 rings (SSSR count). The van der Waals surface area contributed by atoms with Crippen LogP contribution in [0, 0.1) is 12.7 Å². The molecule has 1 aromatic heterocycles. The number of rotatable bonds is 9. The van der Waals surface area contributed by atoms with Gasteiger partial charge in [0.05, 0.1) is 20.3 Å². The number of methoxy groups -OCH3 is 1. The molecular weight excluding hydrogens is 391 g/mol. The maximum Gasteiger partial charge on any atom is 0.339 e. The summed E-state index contributed by atoms with van der Waals surface area (Å²) in [5.74, 6) is 0.431. The summed E-state index contributed by atoms with van der Waals surface area (Å²) in [5, 5.41) is 0.803. The lowest BCUT2D eigenvalue weighted by Gasteiger charge is -2.09. The summed E-state index contributed by atoms with van der Waals surface area (Å²) in [4.78, 5) is 24.3. The molecule has 0 amide bonds. The average molecular weight is 414 g/mol. The van der Waals surface area contributed by atoms with Crippen molar-refractivity contribution >= 4 is 16.9 Å². The van der Waals surface area contributed by atoms with E-state index in [2.05, 4.69) is 0 Å². The Morgan fingerprint density at radius 1 is 1.07 bits per heavy atom. The molecule has 0 radical (unpaired) electrons. The van der Waals surface area contributed by atoms with Crippen LogP contribution in [0.1, 0.15) is 24.0 Å². The van der Waals surface area contributed by atoms with Crippen LogP contribution in [0.5, 0.6) is 11.5 Å². The van der Waals surface area contributed by atoms with Gasteiger partial charge in [-0.05, 0) is 55.3 Å². The second kappa shape index (κ2) is 9.91. The van der Waals surface area contributed by atoms with Gasteiger partial charge in [0.2, 0.25) is 0 Å². The summed E-state index contributed by atoms with van der Waals surface area (Å²) in [6.07, 6.45) is 0.815. The normalized spacial score (nSPS) is 10.8.